The molecule has 16 heavy (non-hydrogen) atoms. The maximum Gasteiger partial charge on any atom is 0.0457 e. The van der Waals surface area contributed by atoms with E-state index in [0.29, 0.717) is 6.61 Å². The summed E-state index contributed by atoms with van der Waals surface area (Å²) >= 11 is 0. The van der Waals surface area contributed by atoms with Gasteiger partial charge in [-0.05, 0) is 43.5 Å². The average molecular weight is 218 g/mol. The molecule has 86 valence electrons. The van der Waals surface area contributed by atoms with Crippen molar-refractivity contribution in [1.29, 1.82) is 0 Å². The zero-order chi connectivity index (χ0) is 11.4. The van der Waals surface area contributed by atoms with Crippen molar-refractivity contribution in [2.75, 3.05) is 12.3 Å². The van der Waals surface area contributed by atoms with E-state index in [2.05, 4.69) is 11.1 Å². The van der Waals surface area contributed by atoms with Crippen LogP contribution in [0.15, 0.2) is 24.3 Å². The van der Waals surface area contributed by atoms with Crippen LogP contribution in [0.2, 0.25) is 0 Å². The fourth-order valence-corrected chi connectivity index (χ4v) is 1.95. The Labute approximate surface area is 95.3 Å². The molecule has 1 aromatic heterocycles. The zero-order valence-corrected chi connectivity index (χ0v) is 9.37. The standard InChI is InChI=1S/C13H18N2O/c14-11-5-6-13-10(8-11)9-12(15-13)4-2-1-3-7-16/h5-6,8-9,15-16H,1-4,7,14H2. The fraction of sp³-hybridized carbons (Fsp3) is 0.385. The minimum atomic E-state index is 0.295. The molecule has 0 fully saturated rings. The maximum atomic E-state index is 8.69. The SMILES string of the molecule is Nc1ccc2[nH]c(CCCCCO)cc2c1. The first-order valence-electron chi connectivity index (χ1n) is 5.77. The number of rotatable bonds is 5. The molecule has 3 nitrogen and oxygen atoms in total. The van der Waals surface area contributed by atoms with Gasteiger partial charge in [-0.3, -0.25) is 0 Å². The second-order valence-electron chi connectivity index (χ2n) is 4.18. The zero-order valence-electron chi connectivity index (χ0n) is 9.37. The first kappa shape index (κ1) is 11.0. The Morgan fingerprint density at radius 2 is 2.00 bits per heavy atom. The highest BCUT2D eigenvalue weighted by atomic mass is 16.2. The number of aliphatic hydroxyl groups excluding tert-OH is 1. The second kappa shape index (κ2) is 5.03. The molecule has 2 aromatic rings. The van der Waals surface area contributed by atoms with Gasteiger partial charge in [-0.1, -0.05) is 6.42 Å². The third kappa shape index (κ3) is 2.55. The van der Waals surface area contributed by atoms with Crippen molar-refractivity contribution >= 4 is 16.6 Å². The highest BCUT2D eigenvalue weighted by Crippen LogP contribution is 2.19. The van der Waals surface area contributed by atoms with Gasteiger partial charge in [0.15, 0.2) is 0 Å². The molecular weight excluding hydrogens is 200 g/mol. The number of fused-ring (bicyclic) bond motifs is 1. The van der Waals surface area contributed by atoms with Crippen LogP contribution in [0.4, 0.5) is 5.69 Å². The number of hydrogen-bond acceptors (Lipinski definition) is 2. The Balaban J connectivity index is 2.02. The number of aryl methyl sites for hydroxylation is 1. The quantitative estimate of drug-likeness (QED) is 0.533. The molecule has 0 aliphatic carbocycles. The number of nitrogen functional groups attached to an aromatic ring is 1. The monoisotopic (exact) mass is 218 g/mol. The predicted molar refractivity (Wildman–Crippen MR) is 67.4 cm³/mol. The number of anilines is 1. The van der Waals surface area contributed by atoms with Crippen molar-refractivity contribution in [3.05, 3.63) is 30.0 Å². The Kier molecular flexibility index (Phi) is 3.47. The van der Waals surface area contributed by atoms with Crippen molar-refractivity contribution in [3.63, 3.8) is 0 Å². The van der Waals surface area contributed by atoms with Crippen LogP contribution in [0.1, 0.15) is 25.0 Å². The van der Waals surface area contributed by atoms with E-state index in [1.54, 1.807) is 0 Å². The molecule has 3 heteroatoms. The molecule has 1 aromatic carbocycles. The Hall–Kier alpha value is -1.48. The third-order valence-corrected chi connectivity index (χ3v) is 2.80. The lowest BCUT2D eigenvalue weighted by Crippen LogP contribution is -1.87. The van der Waals surface area contributed by atoms with Crippen LogP contribution in [-0.4, -0.2) is 16.7 Å². The number of H-pyrrole nitrogens is 1. The van der Waals surface area contributed by atoms with E-state index >= 15 is 0 Å². The molecule has 0 radical (unpaired) electrons. The Morgan fingerprint density at radius 3 is 2.81 bits per heavy atom. The van der Waals surface area contributed by atoms with Gasteiger partial charge in [0.1, 0.15) is 0 Å². The largest absolute Gasteiger partial charge is 0.399 e. The van der Waals surface area contributed by atoms with Crippen LogP contribution in [0.3, 0.4) is 0 Å². The van der Waals surface area contributed by atoms with Crippen LogP contribution < -0.4 is 5.73 Å². The Bertz CT molecular complexity index is 462. The smallest absolute Gasteiger partial charge is 0.0457 e. The van der Waals surface area contributed by atoms with Crippen molar-refractivity contribution in [2.45, 2.75) is 25.7 Å². The topological polar surface area (TPSA) is 62.0 Å². The van der Waals surface area contributed by atoms with Gasteiger partial charge < -0.3 is 15.8 Å². The minimum absolute atomic E-state index is 0.295. The molecule has 0 amide bonds. The molecule has 0 atom stereocenters. The van der Waals surface area contributed by atoms with Crippen LogP contribution in [0.5, 0.6) is 0 Å². The molecule has 0 saturated heterocycles. The second-order valence-corrected chi connectivity index (χ2v) is 4.18. The van der Waals surface area contributed by atoms with Gasteiger partial charge in [0, 0.05) is 28.9 Å². The van der Waals surface area contributed by atoms with Crippen molar-refractivity contribution in [2.24, 2.45) is 0 Å². The summed E-state index contributed by atoms with van der Waals surface area (Å²) in [5.74, 6) is 0. The molecule has 0 aliphatic rings. The third-order valence-electron chi connectivity index (χ3n) is 2.80. The van der Waals surface area contributed by atoms with Gasteiger partial charge in [-0.15, -0.1) is 0 Å². The van der Waals surface area contributed by atoms with Crippen molar-refractivity contribution < 1.29 is 5.11 Å². The maximum absolute atomic E-state index is 8.69. The molecule has 0 bridgehead atoms. The summed E-state index contributed by atoms with van der Waals surface area (Å²) in [7, 11) is 0. The first-order valence-corrected chi connectivity index (χ1v) is 5.77. The van der Waals surface area contributed by atoms with Gasteiger partial charge in [0.05, 0.1) is 0 Å². The van der Waals surface area contributed by atoms with Crippen LogP contribution >= 0.6 is 0 Å². The van der Waals surface area contributed by atoms with Crippen LogP contribution in [0.25, 0.3) is 10.9 Å². The van der Waals surface area contributed by atoms with Crippen molar-refractivity contribution in [3.8, 4) is 0 Å². The highest BCUT2D eigenvalue weighted by Gasteiger charge is 2.00. The number of hydrogen-bond donors (Lipinski definition) is 3. The summed E-state index contributed by atoms with van der Waals surface area (Å²) in [4.78, 5) is 3.38. The molecule has 0 saturated carbocycles. The number of aliphatic hydroxyl groups is 1. The minimum Gasteiger partial charge on any atom is -0.399 e. The molecular formula is C13H18N2O. The van der Waals surface area contributed by atoms with Gasteiger partial charge in [-0.2, -0.15) is 0 Å². The van der Waals surface area contributed by atoms with E-state index in [-0.39, 0.29) is 0 Å². The number of aromatic nitrogens is 1. The van der Waals surface area contributed by atoms with E-state index in [1.807, 2.05) is 18.2 Å². The molecule has 1 heterocycles. The Morgan fingerprint density at radius 1 is 1.12 bits per heavy atom. The van der Waals surface area contributed by atoms with Gasteiger partial charge in [0.25, 0.3) is 0 Å². The summed E-state index contributed by atoms with van der Waals surface area (Å²) in [5, 5.41) is 9.86. The number of unbranched alkanes of at least 4 members (excludes halogenated alkanes) is 2. The highest BCUT2D eigenvalue weighted by molar-refractivity contribution is 5.83. The van der Waals surface area contributed by atoms with Crippen LogP contribution in [-0.2, 0) is 6.42 Å². The summed E-state index contributed by atoms with van der Waals surface area (Å²) in [6.07, 6.45) is 4.12. The number of aromatic amines is 1. The lowest BCUT2D eigenvalue weighted by Gasteiger charge is -1.96. The number of benzene rings is 1. The molecule has 4 N–H and O–H groups in total. The van der Waals surface area contributed by atoms with E-state index in [4.69, 9.17) is 10.8 Å². The summed E-state index contributed by atoms with van der Waals surface area (Å²) in [6.45, 7) is 0.295. The van der Waals surface area contributed by atoms with E-state index in [0.717, 1.165) is 36.9 Å². The van der Waals surface area contributed by atoms with Gasteiger partial charge in [0.2, 0.25) is 0 Å². The number of nitrogens with one attached hydrogen (secondary N) is 1. The van der Waals surface area contributed by atoms with Crippen molar-refractivity contribution in [1.82, 2.24) is 4.98 Å². The fourth-order valence-electron chi connectivity index (χ4n) is 1.95. The summed E-state index contributed by atoms with van der Waals surface area (Å²) in [6, 6.07) is 8.07. The predicted octanol–water partition coefficient (Wildman–Crippen LogP) is 2.46. The molecule has 2 rings (SSSR count). The van der Waals surface area contributed by atoms with Gasteiger partial charge >= 0.3 is 0 Å². The molecule has 0 aliphatic heterocycles. The lowest BCUT2D eigenvalue weighted by molar-refractivity contribution is 0.283. The first-order chi connectivity index (χ1) is 7.79. The van der Waals surface area contributed by atoms with E-state index in [9.17, 15) is 0 Å². The summed E-state index contributed by atoms with van der Waals surface area (Å²) < 4.78 is 0. The van der Waals surface area contributed by atoms with Crippen LogP contribution in [0, 0.1) is 0 Å². The van der Waals surface area contributed by atoms with E-state index in [1.165, 1.54) is 11.1 Å². The average Bonchev–Trinajstić information content (AvgIpc) is 2.66. The van der Waals surface area contributed by atoms with Gasteiger partial charge in [-0.25, -0.2) is 0 Å². The normalized spacial score (nSPS) is 11.1. The lowest BCUT2D eigenvalue weighted by atomic mass is 10.1. The summed E-state index contributed by atoms with van der Waals surface area (Å²) in [5.41, 5.74) is 8.93. The van der Waals surface area contributed by atoms with E-state index < -0.39 is 0 Å². The molecule has 0 unspecified atom stereocenters. The molecule has 0 spiro atoms. The number of nitrogens with two attached hydrogens (primary N) is 1.